The number of carbonyl (C=O) groups is 3. The summed E-state index contributed by atoms with van der Waals surface area (Å²) in [7, 11) is 0. The minimum absolute atomic E-state index is 0.0755. The first kappa shape index (κ1) is 74.8. The molecule has 78 heavy (non-hydrogen) atoms. The number of hydrogen-bond acceptors (Lipinski definition) is 6. The van der Waals surface area contributed by atoms with Gasteiger partial charge >= 0.3 is 17.9 Å². The fourth-order valence-corrected chi connectivity index (χ4v) is 9.88. The molecule has 0 spiro atoms. The molecule has 0 heterocycles. The van der Waals surface area contributed by atoms with Gasteiger partial charge in [0, 0.05) is 19.3 Å². The monoisotopic (exact) mass is 1090 g/mol. The first-order valence-corrected chi connectivity index (χ1v) is 33.9. The van der Waals surface area contributed by atoms with E-state index in [2.05, 4.69) is 93.7 Å². The van der Waals surface area contributed by atoms with Crippen LogP contribution in [0, 0.1) is 0 Å². The quantitative estimate of drug-likeness (QED) is 0.0261. The summed E-state index contributed by atoms with van der Waals surface area (Å²) in [5.41, 5.74) is 0. The van der Waals surface area contributed by atoms with Crippen LogP contribution in [-0.4, -0.2) is 37.2 Å². The van der Waals surface area contributed by atoms with Crippen LogP contribution in [0.4, 0.5) is 0 Å². The molecule has 0 aromatic carbocycles. The van der Waals surface area contributed by atoms with Crippen molar-refractivity contribution in [2.24, 2.45) is 0 Å². The maximum atomic E-state index is 12.9. The van der Waals surface area contributed by atoms with Crippen LogP contribution in [0.1, 0.15) is 348 Å². The Morgan fingerprint density at radius 1 is 0.269 bits per heavy atom. The van der Waals surface area contributed by atoms with E-state index < -0.39 is 6.10 Å². The van der Waals surface area contributed by atoms with Crippen molar-refractivity contribution < 1.29 is 28.6 Å². The third-order valence-electron chi connectivity index (χ3n) is 14.9. The third-order valence-corrected chi connectivity index (χ3v) is 14.9. The van der Waals surface area contributed by atoms with Crippen LogP contribution in [0.15, 0.2) is 72.9 Å². The standard InChI is InChI=1S/C72H128O6/c1-4-7-10-13-16-19-22-25-27-29-30-31-32-33-34-35-36-37-38-39-40-41-42-43-45-47-50-53-56-59-62-65-71(74)77-68-69(67-76-70(73)64-61-58-55-52-49-46-24-21-18-15-12-9-6-3)78-72(75)66-63-60-57-54-51-48-44-28-26-23-20-17-14-11-8-5-2/h7,10,16,19-20,23,25,27-28,30-31,44,69H,4-6,8-9,11-15,17-18,21-22,24,26,29,32-43,45-68H2,1-3H3/b10-7-,19-16-,23-20-,27-25-,31-30-,44-28-. The zero-order valence-electron chi connectivity index (χ0n) is 51.9. The van der Waals surface area contributed by atoms with Crippen molar-refractivity contribution in [3.05, 3.63) is 72.9 Å². The van der Waals surface area contributed by atoms with Crippen molar-refractivity contribution in [1.29, 1.82) is 0 Å². The van der Waals surface area contributed by atoms with Gasteiger partial charge in [-0.05, 0) is 89.9 Å². The van der Waals surface area contributed by atoms with Crippen molar-refractivity contribution in [3.8, 4) is 0 Å². The highest BCUT2D eigenvalue weighted by Gasteiger charge is 2.19. The number of unbranched alkanes of at least 4 members (excludes halogenated alkanes) is 39. The van der Waals surface area contributed by atoms with Gasteiger partial charge in [-0.15, -0.1) is 0 Å². The van der Waals surface area contributed by atoms with Crippen LogP contribution in [0.2, 0.25) is 0 Å². The summed E-state index contributed by atoms with van der Waals surface area (Å²) in [4.78, 5) is 38.3. The molecule has 0 rings (SSSR count). The molecule has 0 aliphatic rings. The van der Waals surface area contributed by atoms with E-state index in [1.807, 2.05) is 0 Å². The van der Waals surface area contributed by atoms with Gasteiger partial charge in [0.05, 0.1) is 0 Å². The zero-order chi connectivity index (χ0) is 56.4. The van der Waals surface area contributed by atoms with E-state index in [4.69, 9.17) is 14.2 Å². The number of esters is 3. The van der Waals surface area contributed by atoms with Gasteiger partial charge in [0.2, 0.25) is 0 Å². The second kappa shape index (κ2) is 66.4. The van der Waals surface area contributed by atoms with E-state index in [1.165, 1.54) is 199 Å². The molecule has 0 aromatic rings. The molecule has 0 radical (unpaired) electrons. The molecule has 1 unspecified atom stereocenters. The summed E-state index contributed by atoms with van der Waals surface area (Å²) in [6.07, 6.45) is 86.4. The first-order valence-electron chi connectivity index (χ1n) is 33.9. The van der Waals surface area contributed by atoms with E-state index in [-0.39, 0.29) is 31.1 Å². The molecule has 0 amide bonds. The summed E-state index contributed by atoms with van der Waals surface area (Å²) in [5, 5.41) is 0. The van der Waals surface area contributed by atoms with Crippen molar-refractivity contribution in [2.45, 2.75) is 354 Å². The van der Waals surface area contributed by atoms with E-state index in [0.717, 1.165) is 109 Å². The molecule has 6 nitrogen and oxygen atoms in total. The highest BCUT2D eigenvalue weighted by Crippen LogP contribution is 2.17. The van der Waals surface area contributed by atoms with E-state index in [1.54, 1.807) is 0 Å². The average molecular weight is 1090 g/mol. The Bertz CT molecular complexity index is 1440. The lowest BCUT2D eigenvalue weighted by molar-refractivity contribution is -0.167. The molecule has 452 valence electrons. The molecule has 0 saturated heterocycles. The average Bonchev–Trinajstić information content (AvgIpc) is 3.44. The lowest BCUT2D eigenvalue weighted by Gasteiger charge is -2.18. The summed E-state index contributed by atoms with van der Waals surface area (Å²) >= 11 is 0. The Labute approximate surface area is 484 Å². The van der Waals surface area contributed by atoms with Gasteiger partial charge in [0.1, 0.15) is 13.2 Å². The molecule has 0 aliphatic heterocycles. The van der Waals surface area contributed by atoms with Gasteiger partial charge in [0.25, 0.3) is 0 Å². The van der Waals surface area contributed by atoms with E-state index >= 15 is 0 Å². The van der Waals surface area contributed by atoms with Gasteiger partial charge in [-0.2, -0.15) is 0 Å². The molecule has 0 fully saturated rings. The molecule has 6 heteroatoms. The summed E-state index contributed by atoms with van der Waals surface area (Å²) in [5.74, 6) is -0.869. The third kappa shape index (κ3) is 63.7. The Morgan fingerprint density at radius 3 is 0.795 bits per heavy atom. The van der Waals surface area contributed by atoms with E-state index in [0.29, 0.717) is 19.3 Å². The largest absolute Gasteiger partial charge is 0.462 e. The first-order chi connectivity index (χ1) is 38.5. The van der Waals surface area contributed by atoms with Crippen molar-refractivity contribution >= 4 is 17.9 Å². The Kier molecular flexibility index (Phi) is 63.7. The van der Waals surface area contributed by atoms with Crippen LogP contribution in [0.3, 0.4) is 0 Å². The number of allylic oxidation sites excluding steroid dienone is 12. The SMILES string of the molecule is CC/C=C\C/C=C\C/C=C\C/C=C\CCCCCCCCCCCCCCCCCCCCC(=O)OCC(COC(=O)CCCCCCCCCCCCCCC)OC(=O)CCCCCCC/C=C\C/C=C\CCCCCC. The molecule has 0 bridgehead atoms. The van der Waals surface area contributed by atoms with Crippen LogP contribution in [0.25, 0.3) is 0 Å². The Hall–Kier alpha value is -3.15. The summed E-state index contributed by atoms with van der Waals surface area (Å²) in [6, 6.07) is 0. The Morgan fingerprint density at radius 2 is 0.500 bits per heavy atom. The fraction of sp³-hybridized carbons (Fsp3) is 0.792. The molecule has 0 aliphatic carbocycles. The molecular formula is C72H128O6. The highest BCUT2D eigenvalue weighted by atomic mass is 16.6. The van der Waals surface area contributed by atoms with Crippen LogP contribution < -0.4 is 0 Å². The maximum Gasteiger partial charge on any atom is 0.306 e. The van der Waals surface area contributed by atoms with Gasteiger partial charge in [-0.1, -0.05) is 312 Å². The molecule has 0 N–H and O–H groups in total. The number of hydrogen-bond donors (Lipinski definition) is 0. The molecule has 0 saturated carbocycles. The smallest absolute Gasteiger partial charge is 0.306 e. The van der Waals surface area contributed by atoms with Gasteiger partial charge in [-0.3, -0.25) is 14.4 Å². The van der Waals surface area contributed by atoms with Crippen LogP contribution >= 0.6 is 0 Å². The lowest BCUT2D eigenvalue weighted by atomic mass is 10.0. The summed E-state index contributed by atoms with van der Waals surface area (Å²) < 4.78 is 16.9. The topological polar surface area (TPSA) is 78.9 Å². The fourth-order valence-electron chi connectivity index (χ4n) is 9.88. The van der Waals surface area contributed by atoms with Crippen molar-refractivity contribution in [2.75, 3.05) is 13.2 Å². The number of rotatable bonds is 62. The second-order valence-electron chi connectivity index (χ2n) is 22.7. The van der Waals surface area contributed by atoms with Gasteiger partial charge in [0.15, 0.2) is 6.10 Å². The number of ether oxygens (including phenoxy) is 3. The molecular weight excluding hydrogens is 961 g/mol. The van der Waals surface area contributed by atoms with Crippen LogP contribution in [-0.2, 0) is 28.6 Å². The zero-order valence-corrected chi connectivity index (χ0v) is 51.9. The lowest BCUT2D eigenvalue weighted by Crippen LogP contribution is -2.30. The minimum Gasteiger partial charge on any atom is -0.462 e. The minimum atomic E-state index is -0.780. The molecule has 0 aromatic heterocycles. The number of carbonyl (C=O) groups excluding carboxylic acids is 3. The Balaban J connectivity index is 4.17. The predicted molar refractivity (Wildman–Crippen MR) is 339 cm³/mol. The molecule has 1 atom stereocenters. The van der Waals surface area contributed by atoms with Crippen LogP contribution in [0.5, 0.6) is 0 Å². The van der Waals surface area contributed by atoms with E-state index in [9.17, 15) is 14.4 Å². The normalized spacial score (nSPS) is 12.5. The van der Waals surface area contributed by atoms with Crippen molar-refractivity contribution in [1.82, 2.24) is 0 Å². The van der Waals surface area contributed by atoms with Gasteiger partial charge in [-0.25, -0.2) is 0 Å². The second-order valence-corrected chi connectivity index (χ2v) is 22.7. The maximum absolute atomic E-state index is 12.9. The highest BCUT2D eigenvalue weighted by molar-refractivity contribution is 5.71. The van der Waals surface area contributed by atoms with Gasteiger partial charge < -0.3 is 14.2 Å². The summed E-state index contributed by atoms with van der Waals surface area (Å²) in [6.45, 7) is 6.54. The predicted octanol–water partition coefficient (Wildman–Crippen LogP) is 23.3. The van der Waals surface area contributed by atoms with Crippen molar-refractivity contribution in [3.63, 3.8) is 0 Å².